The van der Waals surface area contributed by atoms with Gasteiger partial charge in [-0.05, 0) is 49.6 Å². The molecule has 1 aliphatic rings. The Kier molecular flexibility index (Phi) is 5.39. The molecular formula is C23H27N3O3. The second-order valence-corrected chi connectivity index (χ2v) is 8.21. The van der Waals surface area contributed by atoms with Crippen molar-refractivity contribution in [3.8, 4) is 11.1 Å². The van der Waals surface area contributed by atoms with E-state index < -0.39 is 5.60 Å². The number of nitrogens with zero attached hydrogens (tertiary/aromatic N) is 3. The van der Waals surface area contributed by atoms with Crippen LogP contribution in [0.1, 0.15) is 30.6 Å². The third kappa shape index (κ3) is 4.66. The molecule has 1 N–H and O–H groups in total. The maximum absolute atomic E-state index is 12.8. The van der Waals surface area contributed by atoms with Gasteiger partial charge in [0.25, 0.3) is 5.91 Å². The number of amides is 1. The minimum Gasteiger partial charge on any atom is -0.390 e. The number of carbonyl (C=O) groups is 1. The van der Waals surface area contributed by atoms with Crippen LogP contribution in [0.5, 0.6) is 0 Å². The molecule has 3 aromatic rings. The number of hydrogen-bond acceptors (Lipinski definition) is 4. The van der Waals surface area contributed by atoms with Crippen molar-refractivity contribution in [3.05, 3.63) is 54.2 Å². The summed E-state index contributed by atoms with van der Waals surface area (Å²) < 4.78 is 7.22. The summed E-state index contributed by atoms with van der Waals surface area (Å²) in [7, 11) is 0. The highest BCUT2D eigenvalue weighted by atomic mass is 16.5. The third-order valence-electron chi connectivity index (χ3n) is 5.25. The predicted octanol–water partition coefficient (Wildman–Crippen LogP) is 3.34. The van der Waals surface area contributed by atoms with Gasteiger partial charge >= 0.3 is 0 Å². The van der Waals surface area contributed by atoms with Gasteiger partial charge in [0.05, 0.1) is 24.3 Å². The number of fused-ring (bicyclic) bond motifs is 1. The Labute approximate surface area is 170 Å². The molecule has 6 nitrogen and oxygen atoms in total. The fourth-order valence-corrected chi connectivity index (χ4v) is 3.53. The number of carbonyl (C=O) groups excluding carboxylic acids is 1. The van der Waals surface area contributed by atoms with E-state index in [4.69, 9.17) is 4.74 Å². The topological polar surface area (TPSA) is 67.6 Å². The van der Waals surface area contributed by atoms with Crippen LogP contribution in [0.15, 0.2) is 48.7 Å². The number of aryl methyl sites for hydroxylation is 1. The maximum atomic E-state index is 12.8. The summed E-state index contributed by atoms with van der Waals surface area (Å²) in [5, 5.41) is 15.6. The van der Waals surface area contributed by atoms with Crippen LogP contribution in [-0.2, 0) is 11.3 Å². The van der Waals surface area contributed by atoms with Crippen LogP contribution in [0.4, 0.5) is 0 Å². The Morgan fingerprint density at radius 3 is 2.66 bits per heavy atom. The van der Waals surface area contributed by atoms with Crippen LogP contribution in [0.3, 0.4) is 0 Å². The summed E-state index contributed by atoms with van der Waals surface area (Å²) in [4.78, 5) is 14.6. The lowest BCUT2D eigenvalue weighted by atomic mass is 10.0. The van der Waals surface area contributed by atoms with Crippen LogP contribution >= 0.6 is 0 Å². The minimum absolute atomic E-state index is 0.0483. The zero-order chi connectivity index (χ0) is 20.4. The lowest BCUT2D eigenvalue weighted by Gasteiger charge is -2.27. The van der Waals surface area contributed by atoms with E-state index in [0.717, 1.165) is 22.0 Å². The first kappa shape index (κ1) is 19.6. The van der Waals surface area contributed by atoms with Gasteiger partial charge in [-0.3, -0.25) is 9.48 Å². The highest BCUT2D eigenvalue weighted by Crippen LogP contribution is 2.25. The zero-order valence-corrected chi connectivity index (χ0v) is 17.0. The minimum atomic E-state index is -0.712. The number of rotatable bonds is 5. The first-order valence-electron chi connectivity index (χ1n) is 10.1. The van der Waals surface area contributed by atoms with E-state index in [1.165, 1.54) is 0 Å². The molecule has 1 aliphatic heterocycles. The Bertz CT molecular complexity index is 1010. The second-order valence-electron chi connectivity index (χ2n) is 8.21. The van der Waals surface area contributed by atoms with Crippen molar-refractivity contribution in [3.63, 3.8) is 0 Å². The lowest BCUT2D eigenvalue weighted by Crippen LogP contribution is -2.40. The van der Waals surface area contributed by atoms with Crippen molar-refractivity contribution in [2.45, 2.75) is 32.4 Å². The summed E-state index contributed by atoms with van der Waals surface area (Å²) >= 11 is 0. The summed E-state index contributed by atoms with van der Waals surface area (Å²) in [5.41, 5.74) is 2.92. The van der Waals surface area contributed by atoms with Crippen LogP contribution in [0.2, 0.25) is 0 Å². The molecular weight excluding hydrogens is 366 g/mol. The number of ether oxygens (including phenoxy) is 1. The van der Waals surface area contributed by atoms with Gasteiger partial charge in [-0.15, -0.1) is 0 Å². The number of aromatic nitrogens is 2. The van der Waals surface area contributed by atoms with Crippen molar-refractivity contribution < 1.29 is 14.6 Å². The zero-order valence-electron chi connectivity index (χ0n) is 17.0. The van der Waals surface area contributed by atoms with Gasteiger partial charge in [0.1, 0.15) is 0 Å². The highest BCUT2D eigenvalue weighted by molar-refractivity contribution is 5.96. The summed E-state index contributed by atoms with van der Waals surface area (Å²) in [5.74, 6) is 0.0483. The Morgan fingerprint density at radius 1 is 1.14 bits per heavy atom. The molecule has 29 heavy (non-hydrogen) atoms. The van der Waals surface area contributed by atoms with Gasteiger partial charge in [0.2, 0.25) is 0 Å². The van der Waals surface area contributed by atoms with Crippen LogP contribution in [-0.4, -0.2) is 57.6 Å². The summed E-state index contributed by atoms with van der Waals surface area (Å²) in [6, 6.07) is 13.9. The van der Waals surface area contributed by atoms with E-state index in [2.05, 4.69) is 17.2 Å². The third-order valence-corrected chi connectivity index (χ3v) is 5.25. The first-order valence-corrected chi connectivity index (χ1v) is 10.1. The van der Waals surface area contributed by atoms with Gasteiger partial charge in [0.15, 0.2) is 0 Å². The van der Waals surface area contributed by atoms with Crippen molar-refractivity contribution in [1.82, 2.24) is 14.7 Å². The van der Waals surface area contributed by atoms with Crippen molar-refractivity contribution >= 4 is 16.8 Å². The summed E-state index contributed by atoms with van der Waals surface area (Å²) in [6.45, 7) is 6.74. The van der Waals surface area contributed by atoms with Crippen LogP contribution in [0, 0.1) is 0 Å². The molecule has 2 aromatic carbocycles. The highest BCUT2D eigenvalue weighted by Gasteiger charge is 2.19. The monoisotopic (exact) mass is 393 g/mol. The molecule has 6 heteroatoms. The molecule has 0 radical (unpaired) electrons. The molecule has 152 valence electrons. The fourth-order valence-electron chi connectivity index (χ4n) is 3.53. The lowest BCUT2D eigenvalue weighted by molar-refractivity contribution is 0.0303. The molecule has 0 unspecified atom stereocenters. The molecule has 4 rings (SSSR count). The van der Waals surface area contributed by atoms with E-state index in [0.29, 0.717) is 44.8 Å². The molecule has 1 amide bonds. The van der Waals surface area contributed by atoms with E-state index in [9.17, 15) is 9.90 Å². The second kappa shape index (κ2) is 7.97. The molecule has 0 atom stereocenters. The number of hydrogen-bond donors (Lipinski definition) is 1. The first-order chi connectivity index (χ1) is 13.9. The SMILES string of the molecule is CC(C)(O)CCn1cc2ccc(-c3cccc(C(=O)N4CCOCC4)c3)cc2n1. The van der Waals surface area contributed by atoms with Gasteiger partial charge in [-0.1, -0.05) is 24.3 Å². The van der Waals surface area contributed by atoms with Crippen LogP contribution < -0.4 is 0 Å². The summed E-state index contributed by atoms with van der Waals surface area (Å²) in [6.07, 6.45) is 2.64. The average molecular weight is 393 g/mol. The smallest absolute Gasteiger partial charge is 0.254 e. The van der Waals surface area contributed by atoms with Gasteiger partial charge in [-0.2, -0.15) is 5.10 Å². The fraction of sp³-hybridized carbons (Fsp3) is 0.391. The van der Waals surface area contributed by atoms with Crippen molar-refractivity contribution in [2.75, 3.05) is 26.3 Å². The predicted molar refractivity (Wildman–Crippen MR) is 113 cm³/mol. The molecule has 0 aliphatic carbocycles. The van der Waals surface area contributed by atoms with E-state index >= 15 is 0 Å². The van der Waals surface area contributed by atoms with Crippen molar-refractivity contribution in [1.29, 1.82) is 0 Å². The van der Waals surface area contributed by atoms with Gasteiger partial charge < -0.3 is 14.7 Å². The van der Waals surface area contributed by atoms with Gasteiger partial charge in [0, 0.05) is 36.8 Å². The van der Waals surface area contributed by atoms with Crippen LogP contribution in [0.25, 0.3) is 22.0 Å². The largest absolute Gasteiger partial charge is 0.390 e. The van der Waals surface area contributed by atoms with E-state index in [-0.39, 0.29) is 5.91 Å². The molecule has 2 heterocycles. The average Bonchev–Trinajstić information content (AvgIpc) is 3.14. The Hall–Kier alpha value is -2.70. The molecule has 1 fully saturated rings. The number of benzene rings is 2. The normalized spacial score (nSPS) is 15.1. The van der Waals surface area contributed by atoms with Crippen molar-refractivity contribution in [2.24, 2.45) is 0 Å². The molecule has 0 spiro atoms. The quantitative estimate of drug-likeness (QED) is 0.722. The molecule has 1 saturated heterocycles. The standard InChI is InChI=1S/C23H27N3O3/c1-23(2,28)8-9-26-16-20-7-6-18(15-21(20)24-26)17-4-3-5-19(14-17)22(27)25-10-12-29-13-11-25/h3-7,14-16,28H,8-13H2,1-2H3. The maximum Gasteiger partial charge on any atom is 0.254 e. The number of morpholine rings is 1. The van der Waals surface area contributed by atoms with Gasteiger partial charge in [-0.25, -0.2) is 0 Å². The Balaban J connectivity index is 1.57. The molecule has 0 bridgehead atoms. The number of aliphatic hydroxyl groups is 1. The molecule has 1 aromatic heterocycles. The molecule has 0 saturated carbocycles. The van der Waals surface area contributed by atoms with E-state index in [1.807, 2.05) is 46.1 Å². The van der Waals surface area contributed by atoms with E-state index in [1.54, 1.807) is 13.8 Å². The Morgan fingerprint density at radius 2 is 1.90 bits per heavy atom.